The number of hydrogen-bond donors (Lipinski definition) is 1. The first kappa shape index (κ1) is 23.3. The number of aliphatic hydroxyl groups excluding tert-OH is 1. The van der Waals surface area contributed by atoms with Gasteiger partial charge in [-0.1, -0.05) is 42.7 Å². The maximum atomic E-state index is 12.1. The Morgan fingerprint density at radius 3 is 2.45 bits per heavy atom. The van der Waals surface area contributed by atoms with E-state index in [0.717, 1.165) is 44.1 Å². The fourth-order valence-electron chi connectivity index (χ4n) is 4.16. The van der Waals surface area contributed by atoms with Gasteiger partial charge >= 0.3 is 5.97 Å². The molecular weight excluding hydrogens is 364 g/mol. The highest BCUT2D eigenvalue weighted by atomic mass is 16.6. The number of ketones is 1. The Kier molecular flexibility index (Phi) is 8.21. The van der Waals surface area contributed by atoms with Crippen molar-refractivity contribution in [2.24, 2.45) is 5.41 Å². The van der Waals surface area contributed by atoms with Crippen LogP contribution in [0.2, 0.25) is 0 Å². The zero-order valence-corrected chi connectivity index (χ0v) is 18.6. The Hall–Kier alpha value is -1.94. The number of rotatable bonds is 9. The zero-order valence-electron chi connectivity index (χ0n) is 18.6. The summed E-state index contributed by atoms with van der Waals surface area (Å²) in [5.41, 5.74) is 5.80. The van der Waals surface area contributed by atoms with Crippen LogP contribution < -0.4 is 0 Å². The monoisotopic (exact) mass is 400 g/mol. The molecular formula is C25H36O4. The molecule has 1 heterocycles. The van der Waals surface area contributed by atoms with Crippen molar-refractivity contribution >= 4 is 11.8 Å². The van der Waals surface area contributed by atoms with Gasteiger partial charge in [0.15, 0.2) is 5.78 Å². The molecule has 1 aliphatic carbocycles. The summed E-state index contributed by atoms with van der Waals surface area (Å²) in [5.74, 6) is -0.140. The molecule has 0 amide bonds. The first-order valence-electron chi connectivity index (χ1n) is 10.7. The summed E-state index contributed by atoms with van der Waals surface area (Å²) in [6, 6.07) is 0. The third-order valence-electron chi connectivity index (χ3n) is 6.24. The van der Waals surface area contributed by atoms with Crippen LogP contribution in [0, 0.1) is 5.41 Å². The second-order valence-corrected chi connectivity index (χ2v) is 9.10. The van der Waals surface area contributed by atoms with Gasteiger partial charge in [0.2, 0.25) is 6.29 Å². The number of carbonyl (C=O) groups is 2. The van der Waals surface area contributed by atoms with Gasteiger partial charge in [-0.05, 0) is 76.7 Å². The van der Waals surface area contributed by atoms with Crippen LogP contribution in [0.3, 0.4) is 0 Å². The average Bonchev–Trinajstić information content (AvgIpc) is 2.95. The molecule has 0 radical (unpaired) electrons. The first-order valence-corrected chi connectivity index (χ1v) is 10.7. The van der Waals surface area contributed by atoms with Crippen molar-refractivity contribution in [2.45, 2.75) is 92.3 Å². The van der Waals surface area contributed by atoms with Gasteiger partial charge in [0, 0.05) is 18.1 Å². The number of aliphatic hydroxyl groups is 1. The lowest BCUT2D eigenvalue weighted by atomic mass is 9.70. The lowest BCUT2D eigenvalue weighted by Crippen LogP contribution is -2.25. The number of carbonyl (C=O) groups excluding carboxylic acids is 2. The highest BCUT2D eigenvalue weighted by molar-refractivity contribution is 5.96. The SMILES string of the molecule is CC1=C(CC/C(C)=C/CC/C(C)=C/CCC2=CC(=O)O[C@H]2O)C(C)(C)CCC1=O. The summed E-state index contributed by atoms with van der Waals surface area (Å²) < 4.78 is 4.69. The summed E-state index contributed by atoms with van der Waals surface area (Å²) in [5, 5.41) is 9.57. The molecule has 4 nitrogen and oxygen atoms in total. The number of ether oxygens (including phenoxy) is 1. The third kappa shape index (κ3) is 6.81. The van der Waals surface area contributed by atoms with Gasteiger partial charge in [-0.2, -0.15) is 0 Å². The normalized spacial score (nSPS) is 22.8. The topological polar surface area (TPSA) is 63.6 Å². The molecule has 0 aromatic heterocycles. The fraction of sp³-hybridized carbons (Fsp3) is 0.600. The van der Waals surface area contributed by atoms with Crippen LogP contribution in [0.5, 0.6) is 0 Å². The van der Waals surface area contributed by atoms with Gasteiger partial charge in [-0.3, -0.25) is 4.79 Å². The molecule has 0 spiro atoms. The van der Waals surface area contributed by atoms with E-state index in [1.54, 1.807) is 0 Å². The summed E-state index contributed by atoms with van der Waals surface area (Å²) in [4.78, 5) is 23.2. The van der Waals surface area contributed by atoms with Crippen molar-refractivity contribution in [3.05, 3.63) is 46.1 Å². The summed E-state index contributed by atoms with van der Waals surface area (Å²) in [7, 11) is 0. The Labute approximate surface area is 175 Å². The molecule has 2 rings (SSSR count). The van der Waals surface area contributed by atoms with Crippen molar-refractivity contribution in [1.29, 1.82) is 0 Å². The Balaban J connectivity index is 1.76. The van der Waals surface area contributed by atoms with E-state index in [0.29, 0.717) is 24.2 Å². The van der Waals surface area contributed by atoms with Gasteiger partial charge in [0.05, 0.1) is 0 Å². The molecule has 2 aliphatic rings. The summed E-state index contributed by atoms with van der Waals surface area (Å²) in [6.45, 7) is 10.8. The lowest BCUT2D eigenvalue weighted by molar-refractivity contribution is -0.151. The minimum absolute atomic E-state index is 0.135. The highest BCUT2D eigenvalue weighted by Gasteiger charge is 2.31. The van der Waals surface area contributed by atoms with E-state index in [1.165, 1.54) is 22.8 Å². The van der Waals surface area contributed by atoms with Crippen LogP contribution in [0.1, 0.15) is 86.0 Å². The van der Waals surface area contributed by atoms with Crippen molar-refractivity contribution < 1.29 is 19.4 Å². The van der Waals surface area contributed by atoms with E-state index < -0.39 is 12.3 Å². The van der Waals surface area contributed by atoms with Crippen molar-refractivity contribution in [3.8, 4) is 0 Å². The van der Waals surface area contributed by atoms with Crippen LogP contribution in [0.25, 0.3) is 0 Å². The molecule has 4 heteroatoms. The molecule has 0 saturated carbocycles. The van der Waals surface area contributed by atoms with Crippen LogP contribution in [0.15, 0.2) is 46.1 Å². The molecule has 0 unspecified atom stereocenters. The standard InChI is InChI=1S/C25H36O4/c1-17(10-7-11-20-16-23(27)29-24(20)28)8-6-9-18(2)12-13-21-19(3)22(26)14-15-25(21,4)5/h9-10,16,24,28H,6-8,11-15H2,1-5H3/b17-10+,18-9+/t24-/m1/s1. The van der Waals surface area contributed by atoms with E-state index in [1.807, 2.05) is 6.92 Å². The first-order chi connectivity index (χ1) is 13.6. The van der Waals surface area contributed by atoms with Gasteiger partial charge in [-0.25, -0.2) is 4.79 Å². The van der Waals surface area contributed by atoms with Crippen LogP contribution in [-0.2, 0) is 14.3 Å². The largest absolute Gasteiger partial charge is 0.429 e. The number of Topliss-reactive ketones (excluding diaryl/α,β-unsaturated/α-hetero) is 1. The fourth-order valence-corrected chi connectivity index (χ4v) is 4.16. The number of cyclic esters (lactones) is 1. The molecule has 160 valence electrons. The van der Waals surface area contributed by atoms with Crippen LogP contribution in [0.4, 0.5) is 0 Å². The molecule has 0 aromatic carbocycles. The Bertz CT molecular complexity index is 762. The van der Waals surface area contributed by atoms with E-state index in [-0.39, 0.29) is 5.41 Å². The second kappa shape index (κ2) is 10.2. The smallest absolute Gasteiger partial charge is 0.333 e. The molecule has 1 N–H and O–H groups in total. The molecule has 0 aromatic rings. The van der Waals surface area contributed by atoms with E-state index in [2.05, 4.69) is 44.6 Å². The quantitative estimate of drug-likeness (QED) is 0.397. The lowest BCUT2D eigenvalue weighted by Gasteiger charge is -2.34. The van der Waals surface area contributed by atoms with Crippen LogP contribution >= 0.6 is 0 Å². The predicted octanol–water partition coefficient (Wildman–Crippen LogP) is 5.73. The number of hydrogen-bond acceptors (Lipinski definition) is 4. The molecule has 29 heavy (non-hydrogen) atoms. The summed E-state index contributed by atoms with van der Waals surface area (Å²) >= 11 is 0. The predicted molar refractivity (Wildman–Crippen MR) is 116 cm³/mol. The van der Waals surface area contributed by atoms with Gasteiger partial charge in [0.25, 0.3) is 0 Å². The summed E-state index contributed by atoms with van der Waals surface area (Å²) in [6.07, 6.45) is 11.9. The molecule has 1 aliphatic heterocycles. The minimum atomic E-state index is -1.06. The van der Waals surface area contributed by atoms with Crippen LogP contribution in [-0.4, -0.2) is 23.1 Å². The second-order valence-electron chi connectivity index (χ2n) is 9.10. The van der Waals surface area contributed by atoms with Gasteiger partial charge in [0.1, 0.15) is 0 Å². The number of allylic oxidation sites excluding steroid dienone is 6. The molecule has 0 fully saturated rings. The average molecular weight is 401 g/mol. The maximum Gasteiger partial charge on any atom is 0.333 e. The Morgan fingerprint density at radius 1 is 1.14 bits per heavy atom. The number of esters is 1. The van der Waals surface area contributed by atoms with E-state index in [4.69, 9.17) is 0 Å². The van der Waals surface area contributed by atoms with Crippen molar-refractivity contribution in [3.63, 3.8) is 0 Å². The molecule has 0 saturated heterocycles. The van der Waals surface area contributed by atoms with Crippen molar-refractivity contribution in [1.82, 2.24) is 0 Å². The van der Waals surface area contributed by atoms with Gasteiger partial charge in [-0.15, -0.1) is 0 Å². The minimum Gasteiger partial charge on any atom is -0.429 e. The Morgan fingerprint density at radius 2 is 1.79 bits per heavy atom. The van der Waals surface area contributed by atoms with E-state index >= 15 is 0 Å². The third-order valence-corrected chi connectivity index (χ3v) is 6.24. The van der Waals surface area contributed by atoms with Gasteiger partial charge < -0.3 is 9.84 Å². The van der Waals surface area contributed by atoms with Crippen molar-refractivity contribution in [2.75, 3.05) is 0 Å². The van der Waals surface area contributed by atoms with E-state index in [9.17, 15) is 14.7 Å². The molecule has 0 bridgehead atoms. The maximum absolute atomic E-state index is 12.1. The zero-order chi connectivity index (χ0) is 21.6. The molecule has 1 atom stereocenters. The highest BCUT2D eigenvalue weighted by Crippen LogP contribution is 2.41.